The fourth-order valence-electron chi connectivity index (χ4n) is 1.53. The second kappa shape index (κ2) is 3.71. The Morgan fingerprint density at radius 2 is 1.93 bits per heavy atom. The Kier molecular flexibility index (Phi) is 2.98. The smallest absolute Gasteiger partial charge is 0.232 e. The number of amides is 2. The number of hydrogen-bond acceptors (Lipinski definition) is 2. The molecular weight excluding hydrogens is 178 g/mol. The number of imide groups is 1. The highest BCUT2D eigenvalue weighted by atomic mass is 16.2. The largest absolute Gasteiger partial charge is 0.282 e. The molecule has 0 spiro atoms. The van der Waals surface area contributed by atoms with Gasteiger partial charge in [0.2, 0.25) is 11.8 Å². The van der Waals surface area contributed by atoms with Crippen LogP contribution in [-0.4, -0.2) is 23.3 Å². The Morgan fingerprint density at radius 1 is 1.36 bits per heavy atom. The molecule has 0 N–H and O–H groups in total. The van der Waals surface area contributed by atoms with Gasteiger partial charge in [0.25, 0.3) is 0 Å². The maximum absolute atomic E-state index is 11.5. The number of carbonyl (C=O) groups is 2. The molecule has 1 aliphatic rings. The number of likely N-dealkylation sites (tertiary alicyclic amines) is 1. The van der Waals surface area contributed by atoms with Gasteiger partial charge in [-0.3, -0.25) is 14.5 Å². The first kappa shape index (κ1) is 11.2. The Balaban J connectivity index is 2.53. The zero-order valence-electron chi connectivity index (χ0n) is 9.46. The first-order chi connectivity index (χ1) is 6.31. The van der Waals surface area contributed by atoms with Crippen molar-refractivity contribution in [1.29, 1.82) is 0 Å². The average molecular weight is 197 g/mol. The van der Waals surface area contributed by atoms with E-state index in [0.717, 1.165) is 6.42 Å². The Morgan fingerprint density at radius 3 is 2.29 bits per heavy atom. The minimum atomic E-state index is -0.109. The van der Waals surface area contributed by atoms with E-state index in [1.54, 1.807) is 0 Å². The minimum absolute atomic E-state index is 0.000694. The molecule has 1 heterocycles. The van der Waals surface area contributed by atoms with E-state index in [4.69, 9.17) is 0 Å². The van der Waals surface area contributed by atoms with Crippen LogP contribution < -0.4 is 0 Å². The van der Waals surface area contributed by atoms with Crippen molar-refractivity contribution in [3.8, 4) is 0 Å². The molecule has 0 aromatic heterocycles. The summed E-state index contributed by atoms with van der Waals surface area (Å²) in [7, 11) is 0. The third-order valence-corrected chi connectivity index (χ3v) is 2.55. The molecule has 1 atom stereocenters. The number of rotatable bonds is 2. The summed E-state index contributed by atoms with van der Waals surface area (Å²) in [6.07, 6.45) is 1.26. The lowest BCUT2D eigenvalue weighted by Gasteiger charge is -2.22. The van der Waals surface area contributed by atoms with Crippen molar-refractivity contribution in [2.45, 2.75) is 40.5 Å². The lowest BCUT2D eigenvalue weighted by atomic mass is 9.92. The van der Waals surface area contributed by atoms with Gasteiger partial charge in [0.15, 0.2) is 0 Å². The average Bonchev–Trinajstić information content (AvgIpc) is 2.23. The van der Waals surface area contributed by atoms with Crippen LogP contribution in [0.5, 0.6) is 0 Å². The normalized spacial score (nSPS) is 23.4. The van der Waals surface area contributed by atoms with Crippen LogP contribution in [0.4, 0.5) is 0 Å². The molecule has 1 unspecified atom stereocenters. The first-order valence-corrected chi connectivity index (χ1v) is 5.15. The lowest BCUT2D eigenvalue weighted by molar-refractivity contribution is -0.139. The summed E-state index contributed by atoms with van der Waals surface area (Å²) in [5.41, 5.74) is 0.173. The molecule has 80 valence electrons. The van der Waals surface area contributed by atoms with E-state index in [1.807, 2.05) is 6.92 Å². The Hall–Kier alpha value is -0.860. The van der Waals surface area contributed by atoms with Gasteiger partial charge in [-0.25, -0.2) is 0 Å². The molecule has 0 saturated carbocycles. The Bertz CT molecular complexity index is 253. The third-order valence-electron chi connectivity index (χ3n) is 2.55. The van der Waals surface area contributed by atoms with Gasteiger partial charge in [0.05, 0.1) is 0 Å². The summed E-state index contributed by atoms with van der Waals surface area (Å²) in [5, 5.41) is 0. The molecule has 2 amide bonds. The standard InChI is InChI=1S/C11H19NO2/c1-8-7-9(13)12(10(8)14)6-5-11(2,3)4/h8H,5-7H2,1-4H3. The van der Waals surface area contributed by atoms with Crippen LogP contribution in [0.1, 0.15) is 40.5 Å². The predicted octanol–water partition coefficient (Wildman–Crippen LogP) is 1.82. The fraction of sp³-hybridized carbons (Fsp3) is 0.818. The van der Waals surface area contributed by atoms with Crippen LogP contribution in [-0.2, 0) is 9.59 Å². The van der Waals surface area contributed by atoms with Crippen molar-refractivity contribution in [2.24, 2.45) is 11.3 Å². The van der Waals surface area contributed by atoms with Crippen LogP contribution in [0, 0.1) is 11.3 Å². The van der Waals surface area contributed by atoms with E-state index < -0.39 is 0 Å². The molecule has 0 aliphatic carbocycles. The van der Waals surface area contributed by atoms with Crippen molar-refractivity contribution >= 4 is 11.8 Å². The van der Waals surface area contributed by atoms with E-state index in [2.05, 4.69) is 20.8 Å². The molecule has 3 nitrogen and oxygen atoms in total. The van der Waals surface area contributed by atoms with Crippen molar-refractivity contribution < 1.29 is 9.59 Å². The van der Waals surface area contributed by atoms with Gasteiger partial charge in [-0.15, -0.1) is 0 Å². The molecule has 14 heavy (non-hydrogen) atoms. The second-order valence-electron chi connectivity index (χ2n) is 5.30. The van der Waals surface area contributed by atoms with Crippen molar-refractivity contribution in [1.82, 2.24) is 4.90 Å². The van der Waals surface area contributed by atoms with Crippen molar-refractivity contribution in [3.05, 3.63) is 0 Å². The monoisotopic (exact) mass is 197 g/mol. The lowest BCUT2D eigenvalue weighted by Crippen LogP contribution is -2.33. The van der Waals surface area contributed by atoms with Gasteiger partial charge in [-0.2, -0.15) is 0 Å². The zero-order chi connectivity index (χ0) is 10.9. The molecule has 1 fully saturated rings. The second-order valence-corrected chi connectivity index (χ2v) is 5.30. The number of hydrogen-bond donors (Lipinski definition) is 0. The molecule has 1 saturated heterocycles. The van der Waals surface area contributed by atoms with Gasteiger partial charge in [0, 0.05) is 18.9 Å². The summed E-state index contributed by atoms with van der Waals surface area (Å²) in [6, 6.07) is 0. The topological polar surface area (TPSA) is 37.4 Å². The molecule has 3 heteroatoms. The molecule has 0 aromatic rings. The Labute approximate surface area is 85.5 Å². The molecule has 1 aliphatic heterocycles. The highest BCUT2D eigenvalue weighted by molar-refractivity contribution is 6.03. The van der Waals surface area contributed by atoms with Gasteiger partial charge in [-0.1, -0.05) is 27.7 Å². The molecule has 0 bridgehead atoms. The van der Waals surface area contributed by atoms with Crippen LogP contribution in [0.2, 0.25) is 0 Å². The molecule has 0 aromatic carbocycles. The summed E-state index contributed by atoms with van der Waals surface area (Å²) in [5.74, 6) is -0.117. The van der Waals surface area contributed by atoms with Crippen LogP contribution >= 0.6 is 0 Å². The number of nitrogens with zero attached hydrogens (tertiary/aromatic N) is 1. The van der Waals surface area contributed by atoms with E-state index >= 15 is 0 Å². The quantitative estimate of drug-likeness (QED) is 0.633. The third kappa shape index (κ3) is 2.56. The van der Waals surface area contributed by atoms with Gasteiger partial charge in [-0.05, 0) is 11.8 Å². The van der Waals surface area contributed by atoms with Crippen LogP contribution in [0.25, 0.3) is 0 Å². The summed E-state index contributed by atoms with van der Waals surface area (Å²) in [4.78, 5) is 24.4. The highest BCUT2D eigenvalue weighted by Gasteiger charge is 2.35. The molecular formula is C11H19NO2. The van der Waals surface area contributed by atoms with Crippen molar-refractivity contribution in [2.75, 3.05) is 6.54 Å². The summed E-state index contributed by atoms with van der Waals surface area (Å²) >= 11 is 0. The summed E-state index contributed by atoms with van der Waals surface area (Å²) in [6.45, 7) is 8.73. The van der Waals surface area contributed by atoms with Gasteiger partial charge >= 0.3 is 0 Å². The van der Waals surface area contributed by atoms with Crippen LogP contribution in [0.15, 0.2) is 0 Å². The minimum Gasteiger partial charge on any atom is -0.282 e. The van der Waals surface area contributed by atoms with Gasteiger partial charge < -0.3 is 0 Å². The van der Waals surface area contributed by atoms with Crippen LogP contribution in [0.3, 0.4) is 0 Å². The molecule has 0 radical (unpaired) electrons. The number of carbonyl (C=O) groups excluding carboxylic acids is 2. The van der Waals surface area contributed by atoms with Crippen molar-refractivity contribution in [3.63, 3.8) is 0 Å². The maximum atomic E-state index is 11.5. The maximum Gasteiger partial charge on any atom is 0.232 e. The summed E-state index contributed by atoms with van der Waals surface area (Å²) < 4.78 is 0. The SMILES string of the molecule is CC1CC(=O)N(CCC(C)(C)C)C1=O. The van der Waals surface area contributed by atoms with Gasteiger partial charge in [0.1, 0.15) is 0 Å². The first-order valence-electron chi connectivity index (χ1n) is 5.15. The predicted molar refractivity (Wildman–Crippen MR) is 54.6 cm³/mol. The van der Waals surface area contributed by atoms with E-state index in [1.165, 1.54) is 4.90 Å². The van der Waals surface area contributed by atoms with E-state index in [0.29, 0.717) is 13.0 Å². The van der Waals surface area contributed by atoms with E-state index in [9.17, 15) is 9.59 Å². The zero-order valence-corrected chi connectivity index (χ0v) is 9.46. The van der Waals surface area contributed by atoms with E-state index in [-0.39, 0.29) is 23.1 Å². The fourth-order valence-corrected chi connectivity index (χ4v) is 1.53. The molecule has 1 rings (SSSR count). The highest BCUT2D eigenvalue weighted by Crippen LogP contribution is 2.23.